The Bertz CT molecular complexity index is 967. The van der Waals surface area contributed by atoms with Crippen LogP contribution in [0.4, 0.5) is 0 Å². The van der Waals surface area contributed by atoms with Gasteiger partial charge in [0.1, 0.15) is 11.6 Å². The summed E-state index contributed by atoms with van der Waals surface area (Å²) in [6.45, 7) is 1.72. The van der Waals surface area contributed by atoms with Crippen LogP contribution in [0.3, 0.4) is 0 Å². The van der Waals surface area contributed by atoms with Crippen molar-refractivity contribution in [3.8, 4) is 5.69 Å². The number of aryl methyl sites for hydroxylation is 2. The van der Waals surface area contributed by atoms with E-state index in [0.29, 0.717) is 11.3 Å². The number of carbonyl (C=O) groups excluding carboxylic acids is 2. The fraction of sp³-hybridized carbons (Fsp3) is 0.381. The summed E-state index contributed by atoms with van der Waals surface area (Å²) < 4.78 is 6.29. The number of ether oxygens (including phenoxy) is 1. The Balaban J connectivity index is 2.00. The molecule has 3 rings (SSSR count). The number of pyridine rings is 1. The van der Waals surface area contributed by atoms with Crippen molar-refractivity contribution in [2.24, 2.45) is 0 Å². The van der Waals surface area contributed by atoms with Crippen LogP contribution in [0.25, 0.3) is 5.69 Å². The van der Waals surface area contributed by atoms with Gasteiger partial charge in [0.15, 0.2) is 0 Å². The molecule has 1 aliphatic rings. The van der Waals surface area contributed by atoms with Crippen LogP contribution >= 0.6 is 11.8 Å². The summed E-state index contributed by atoms with van der Waals surface area (Å²) in [5.74, 6) is -0.726. The maximum absolute atomic E-state index is 13.2. The van der Waals surface area contributed by atoms with E-state index in [-0.39, 0.29) is 11.1 Å². The van der Waals surface area contributed by atoms with Crippen molar-refractivity contribution in [1.29, 1.82) is 0 Å². The van der Waals surface area contributed by atoms with Crippen molar-refractivity contribution in [2.45, 2.75) is 32.2 Å². The number of nitrogens with zero attached hydrogens (tertiary/aromatic N) is 1. The Labute approximate surface area is 168 Å². The minimum absolute atomic E-state index is 0.0492. The number of esters is 1. The van der Waals surface area contributed by atoms with Gasteiger partial charge in [-0.25, -0.2) is 4.79 Å². The summed E-state index contributed by atoms with van der Waals surface area (Å²) in [6.07, 6.45) is 6.54. The summed E-state index contributed by atoms with van der Waals surface area (Å²) in [7, 11) is 1.28. The molecule has 1 aromatic carbocycles. The molecule has 148 valence electrons. The van der Waals surface area contributed by atoms with Gasteiger partial charge in [-0.3, -0.25) is 14.2 Å². The van der Waals surface area contributed by atoms with E-state index >= 15 is 0 Å². The molecule has 2 aromatic rings. The molecular formula is C21H24N2O4S. The molecule has 0 bridgehead atoms. The molecule has 1 atom stereocenters. The Kier molecular flexibility index (Phi) is 6.24. The van der Waals surface area contributed by atoms with Crippen LogP contribution < -0.4 is 10.9 Å². The topological polar surface area (TPSA) is 77.4 Å². The lowest BCUT2D eigenvalue weighted by molar-refractivity contribution is -0.142. The number of fused-ring (bicyclic) bond motifs is 1. The summed E-state index contributed by atoms with van der Waals surface area (Å²) >= 11 is 1.41. The van der Waals surface area contributed by atoms with E-state index in [1.54, 1.807) is 19.2 Å². The minimum atomic E-state index is -0.805. The first kappa shape index (κ1) is 20.2. The Morgan fingerprint density at radius 3 is 2.79 bits per heavy atom. The number of hydrogen-bond donors (Lipinski definition) is 1. The van der Waals surface area contributed by atoms with E-state index in [2.05, 4.69) is 11.4 Å². The van der Waals surface area contributed by atoms with Crippen molar-refractivity contribution in [2.75, 3.05) is 19.1 Å². The average molecular weight is 401 g/mol. The second kappa shape index (κ2) is 8.65. The van der Waals surface area contributed by atoms with Gasteiger partial charge < -0.3 is 10.1 Å². The summed E-state index contributed by atoms with van der Waals surface area (Å²) in [4.78, 5) is 38.0. The van der Waals surface area contributed by atoms with Gasteiger partial charge in [-0.1, -0.05) is 12.1 Å². The van der Waals surface area contributed by atoms with Crippen LogP contribution in [-0.4, -0.2) is 41.6 Å². The summed E-state index contributed by atoms with van der Waals surface area (Å²) in [6, 6.07) is 6.89. The number of aromatic nitrogens is 1. The highest BCUT2D eigenvalue weighted by Crippen LogP contribution is 2.27. The molecule has 0 unspecified atom stereocenters. The minimum Gasteiger partial charge on any atom is -0.467 e. The van der Waals surface area contributed by atoms with Crippen LogP contribution in [0, 0.1) is 6.92 Å². The number of carbonyl (C=O) groups is 2. The lowest BCUT2D eigenvalue weighted by Gasteiger charge is -2.17. The normalized spacial score (nSPS) is 13.7. The van der Waals surface area contributed by atoms with E-state index in [4.69, 9.17) is 4.74 Å². The zero-order valence-electron chi connectivity index (χ0n) is 16.3. The molecule has 1 N–H and O–H groups in total. The molecule has 1 aliphatic carbocycles. The molecule has 28 heavy (non-hydrogen) atoms. The molecule has 1 aromatic heterocycles. The third-order valence-electron chi connectivity index (χ3n) is 5.03. The molecule has 7 heteroatoms. The van der Waals surface area contributed by atoms with Crippen LogP contribution in [0.2, 0.25) is 0 Å². The van der Waals surface area contributed by atoms with Gasteiger partial charge in [0, 0.05) is 11.9 Å². The number of thioether (sulfide) groups is 1. The molecule has 1 amide bonds. The highest BCUT2D eigenvalue weighted by atomic mass is 32.2. The van der Waals surface area contributed by atoms with Crippen LogP contribution in [0.5, 0.6) is 0 Å². The maximum Gasteiger partial charge on any atom is 0.329 e. The highest BCUT2D eigenvalue weighted by Gasteiger charge is 2.25. The fourth-order valence-corrected chi connectivity index (χ4v) is 4.18. The van der Waals surface area contributed by atoms with Gasteiger partial charge in [-0.15, -0.1) is 0 Å². The Morgan fingerprint density at radius 2 is 2.07 bits per heavy atom. The Morgan fingerprint density at radius 1 is 1.29 bits per heavy atom. The van der Waals surface area contributed by atoms with E-state index in [0.717, 1.165) is 30.5 Å². The van der Waals surface area contributed by atoms with Crippen molar-refractivity contribution >= 4 is 23.6 Å². The Hall–Kier alpha value is -2.54. The van der Waals surface area contributed by atoms with E-state index < -0.39 is 17.9 Å². The third kappa shape index (κ3) is 3.85. The first-order valence-corrected chi connectivity index (χ1v) is 10.6. The molecule has 0 saturated carbocycles. The number of rotatable bonds is 6. The maximum atomic E-state index is 13.2. The standard InChI is InChI=1S/C21H24N2O4S/c1-13-10-11-23(17-9-5-7-14-6-4-8-15(14)17)20(25)18(13)19(24)22-16(12-28-3)21(26)27-2/h5,7,9-11,16H,4,6,8,12H2,1-3H3,(H,22,24)/t16-/m0/s1. The molecule has 6 nitrogen and oxygen atoms in total. The zero-order valence-corrected chi connectivity index (χ0v) is 17.1. The fourth-order valence-electron chi connectivity index (χ4n) is 3.63. The van der Waals surface area contributed by atoms with Crippen LogP contribution in [0.15, 0.2) is 35.3 Å². The smallest absolute Gasteiger partial charge is 0.329 e. The van der Waals surface area contributed by atoms with Gasteiger partial charge >= 0.3 is 5.97 Å². The van der Waals surface area contributed by atoms with Gasteiger partial charge in [0.25, 0.3) is 11.5 Å². The van der Waals surface area contributed by atoms with Crippen molar-refractivity contribution in [3.05, 3.63) is 63.1 Å². The second-order valence-electron chi connectivity index (χ2n) is 6.82. The van der Waals surface area contributed by atoms with E-state index in [1.165, 1.54) is 29.0 Å². The van der Waals surface area contributed by atoms with Crippen molar-refractivity contribution in [1.82, 2.24) is 9.88 Å². The summed E-state index contributed by atoms with van der Waals surface area (Å²) in [5.41, 5.74) is 3.47. The first-order chi connectivity index (χ1) is 13.5. The number of benzene rings is 1. The predicted molar refractivity (Wildman–Crippen MR) is 110 cm³/mol. The van der Waals surface area contributed by atoms with Gasteiger partial charge in [-0.05, 0) is 61.3 Å². The van der Waals surface area contributed by atoms with E-state index in [1.807, 2.05) is 18.4 Å². The van der Waals surface area contributed by atoms with Crippen molar-refractivity contribution < 1.29 is 14.3 Å². The summed E-state index contributed by atoms with van der Waals surface area (Å²) in [5, 5.41) is 2.65. The molecule has 0 aliphatic heterocycles. The average Bonchev–Trinajstić information content (AvgIpc) is 3.16. The molecule has 0 saturated heterocycles. The number of nitrogens with one attached hydrogen (secondary N) is 1. The third-order valence-corrected chi connectivity index (χ3v) is 5.70. The van der Waals surface area contributed by atoms with E-state index in [9.17, 15) is 14.4 Å². The molecular weight excluding hydrogens is 376 g/mol. The SMILES string of the molecule is COC(=O)[C@H](CSC)NC(=O)c1c(C)ccn(-c2cccc3c2CCC3)c1=O. The molecule has 0 radical (unpaired) electrons. The lowest BCUT2D eigenvalue weighted by atomic mass is 10.1. The van der Waals surface area contributed by atoms with Crippen LogP contribution in [-0.2, 0) is 22.4 Å². The predicted octanol–water partition coefficient (Wildman–Crippen LogP) is 2.27. The number of methoxy groups -OCH3 is 1. The van der Waals surface area contributed by atoms with Gasteiger partial charge in [0.05, 0.1) is 12.8 Å². The lowest BCUT2D eigenvalue weighted by Crippen LogP contribution is -2.45. The largest absolute Gasteiger partial charge is 0.467 e. The molecule has 1 heterocycles. The molecule has 0 fully saturated rings. The number of amides is 1. The van der Waals surface area contributed by atoms with Crippen molar-refractivity contribution in [3.63, 3.8) is 0 Å². The highest BCUT2D eigenvalue weighted by molar-refractivity contribution is 7.98. The van der Waals surface area contributed by atoms with Crippen LogP contribution in [0.1, 0.15) is 33.5 Å². The number of hydrogen-bond acceptors (Lipinski definition) is 5. The zero-order chi connectivity index (χ0) is 20.3. The first-order valence-electron chi connectivity index (χ1n) is 9.19. The van der Waals surface area contributed by atoms with Gasteiger partial charge in [-0.2, -0.15) is 11.8 Å². The monoisotopic (exact) mass is 400 g/mol. The van der Waals surface area contributed by atoms with Gasteiger partial charge in [0.2, 0.25) is 0 Å². The quantitative estimate of drug-likeness (QED) is 0.753. The second-order valence-corrected chi connectivity index (χ2v) is 7.73. The molecule has 0 spiro atoms.